The summed E-state index contributed by atoms with van der Waals surface area (Å²) in [5, 5.41) is 3.88. The normalized spacial score (nSPS) is 11.6. The van der Waals surface area contributed by atoms with Crippen LogP contribution in [-0.2, 0) is 9.53 Å². The van der Waals surface area contributed by atoms with E-state index in [9.17, 15) is 4.79 Å². The molecule has 0 spiro atoms. The van der Waals surface area contributed by atoms with Crippen molar-refractivity contribution in [3.05, 3.63) is 53.8 Å². The van der Waals surface area contributed by atoms with Gasteiger partial charge in [-0.3, -0.25) is 4.79 Å². The standard InChI is InChI=1S/C27H33NO5/c1-6-31-21-11-9-20(10-12-21)24-17-33-27-19(4)26(32-7-2)22(16-23(24)27)18(3)15-25(29)28-13-8-14-30-5/h9-12,15-17H,6-8,13-14H2,1-5H3,(H,28,29)/b18-15+. The molecule has 33 heavy (non-hydrogen) atoms. The van der Waals surface area contributed by atoms with Crippen molar-refractivity contribution in [1.82, 2.24) is 5.32 Å². The fourth-order valence-corrected chi connectivity index (χ4v) is 3.81. The third kappa shape index (κ3) is 5.76. The number of carbonyl (C=O) groups excluding carboxylic acids is 1. The van der Waals surface area contributed by atoms with Crippen LogP contribution in [0.2, 0.25) is 0 Å². The number of carbonyl (C=O) groups is 1. The first kappa shape index (κ1) is 24.4. The Morgan fingerprint density at radius 3 is 2.52 bits per heavy atom. The first-order chi connectivity index (χ1) is 16.0. The summed E-state index contributed by atoms with van der Waals surface area (Å²) in [6.45, 7) is 10.1. The summed E-state index contributed by atoms with van der Waals surface area (Å²) in [6, 6.07) is 10.0. The third-order valence-corrected chi connectivity index (χ3v) is 5.41. The molecule has 1 heterocycles. The molecule has 3 rings (SSSR count). The van der Waals surface area contributed by atoms with Crippen LogP contribution in [0.25, 0.3) is 27.7 Å². The van der Waals surface area contributed by atoms with E-state index in [0.29, 0.717) is 26.4 Å². The van der Waals surface area contributed by atoms with Gasteiger partial charge in [-0.1, -0.05) is 12.1 Å². The van der Waals surface area contributed by atoms with Gasteiger partial charge in [-0.05, 0) is 63.5 Å². The number of amides is 1. The topological polar surface area (TPSA) is 69.9 Å². The molecule has 0 saturated carbocycles. The van der Waals surface area contributed by atoms with Crippen LogP contribution < -0.4 is 14.8 Å². The van der Waals surface area contributed by atoms with Gasteiger partial charge in [0.25, 0.3) is 0 Å². The van der Waals surface area contributed by atoms with Crippen LogP contribution in [0.4, 0.5) is 0 Å². The fourth-order valence-electron chi connectivity index (χ4n) is 3.81. The van der Waals surface area contributed by atoms with Gasteiger partial charge in [0.05, 0.1) is 19.5 Å². The van der Waals surface area contributed by atoms with E-state index in [-0.39, 0.29) is 5.91 Å². The summed E-state index contributed by atoms with van der Waals surface area (Å²) in [7, 11) is 1.65. The van der Waals surface area contributed by atoms with Crippen LogP contribution in [0, 0.1) is 6.92 Å². The summed E-state index contributed by atoms with van der Waals surface area (Å²) in [4.78, 5) is 12.4. The Balaban J connectivity index is 2.01. The average Bonchev–Trinajstić information content (AvgIpc) is 3.23. The van der Waals surface area contributed by atoms with Crippen molar-refractivity contribution in [3.8, 4) is 22.6 Å². The molecule has 1 N–H and O–H groups in total. The number of rotatable bonds is 11. The highest BCUT2D eigenvalue weighted by atomic mass is 16.5. The molecular weight excluding hydrogens is 418 g/mol. The van der Waals surface area contributed by atoms with Crippen molar-refractivity contribution in [2.24, 2.45) is 0 Å². The number of hydrogen-bond donors (Lipinski definition) is 1. The van der Waals surface area contributed by atoms with Gasteiger partial charge >= 0.3 is 0 Å². The second-order valence-electron chi connectivity index (χ2n) is 7.76. The lowest BCUT2D eigenvalue weighted by Gasteiger charge is -2.15. The lowest BCUT2D eigenvalue weighted by atomic mass is 9.96. The van der Waals surface area contributed by atoms with Crippen LogP contribution in [0.3, 0.4) is 0 Å². The third-order valence-electron chi connectivity index (χ3n) is 5.41. The zero-order valence-corrected chi connectivity index (χ0v) is 20.1. The number of hydrogen-bond acceptors (Lipinski definition) is 5. The van der Waals surface area contributed by atoms with Gasteiger partial charge in [0.1, 0.15) is 17.1 Å². The van der Waals surface area contributed by atoms with Gasteiger partial charge in [-0.2, -0.15) is 0 Å². The minimum Gasteiger partial charge on any atom is -0.494 e. The number of benzene rings is 2. The number of ether oxygens (including phenoxy) is 3. The first-order valence-electron chi connectivity index (χ1n) is 11.4. The zero-order chi connectivity index (χ0) is 23.8. The highest BCUT2D eigenvalue weighted by molar-refractivity contribution is 6.01. The van der Waals surface area contributed by atoms with Gasteiger partial charge in [-0.25, -0.2) is 0 Å². The molecule has 1 amide bonds. The Labute approximate surface area is 195 Å². The maximum Gasteiger partial charge on any atom is 0.244 e. The number of methoxy groups -OCH3 is 1. The molecule has 0 atom stereocenters. The second-order valence-corrected chi connectivity index (χ2v) is 7.76. The minimum absolute atomic E-state index is 0.136. The molecule has 0 unspecified atom stereocenters. The lowest BCUT2D eigenvalue weighted by Crippen LogP contribution is -2.23. The number of allylic oxidation sites excluding steroid dienone is 1. The van der Waals surface area contributed by atoms with Crippen LogP contribution in [0.1, 0.15) is 38.3 Å². The molecule has 3 aromatic rings. The number of fused-ring (bicyclic) bond motifs is 1. The summed E-state index contributed by atoms with van der Waals surface area (Å²) in [5.74, 6) is 1.43. The average molecular weight is 452 g/mol. The summed E-state index contributed by atoms with van der Waals surface area (Å²) < 4.78 is 22.5. The Kier molecular flexibility index (Phi) is 8.55. The summed E-state index contributed by atoms with van der Waals surface area (Å²) in [5.41, 5.74) is 5.41. The molecule has 0 saturated heterocycles. The monoisotopic (exact) mass is 451 g/mol. The Bertz CT molecular complexity index is 1110. The van der Waals surface area contributed by atoms with E-state index in [1.54, 1.807) is 19.4 Å². The van der Waals surface area contributed by atoms with Crippen molar-refractivity contribution in [2.75, 3.05) is 33.5 Å². The molecule has 0 aliphatic heterocycles. The largest absolute Gasteiger partial charge is 0.494 e. The molecule has 0 aliphatic carbocycles. The molecule has 0 aliphatic rings. The Morgan fingerprint density at radius 1 is 1.12 bits per heavy atom. The van der Waals surface area contributed by atoms with Gasteiger partial charge < -0.3 is 23.9 Å². The zero-order valence-electron chi connectivity index (χ0n) is 20.1. The Morgan fingerprint density at radius 2 is 1.85 bits per heavy atom. The quantitative estimate of drug-likeness (QED) is 0.296. The van der Waals surface area contributed by atoms with E-state index in [2.05, 4.69) is 5.32 Å². The van der Waals surface area contributed by atoms with Crippen molar-refractivity contribution in [2.45, 2.75) is 34.1 Å². The smallest absolute Gasteiger partial charge is 0.244 e. The molecule has 2 aromatic carbocycles. The number of furan rings is 1. The van der Waals surface area contributed by atoms with E-state index in [4.69, 9.17) is 18.6 Å². The number of aryl methyl sites for hydroxylation is 1. The van der Waals surface area contributed by atoms with Crippen molar-refractivity contribution in [3.63, 3.8) is 0 Å². The van der Waals surface area contributed by atoms with Crippen molar-refractivity contribution >= 4 is 22.4 Å². The van der Waals surface area contributed by atoms with Crippen LogP contribution in [0.5, 0.6) is 11.5 Å². The lowest BCUT2D eigenvalue weighted by molar-refractivity contribution is -0.116. The maximum atomic E-state index is 12.4. The predicted molar refractivity (Wildman–Crippen MR) is 132 cm³/mol. The van der Waals surface area contributed by atoms with E-state index >= 15 is 0 Å². The molecule has 0 fully saturated rings. The van der Waals surface area contributed by atoms with Crippen molar-refractivity contribution < 1.29 is 23.4 Å². The van der Waals surface area contributed by atoms with Crippen LogP contribution in [-0.4, -0.2) is 39.4 Å². The molecule has 0 radical (unpaired) electrons. The molecular formula is C27H33NO5. The minimum atomic E-state index is -0.136. The first-order valence-corrected chi connectivity index (χ1v) is 11.4. The van der Waals surface area contributed by atoms with Gasteiger partial charge in [0, 0.05) is 48.4 Å². The van der Waals surface area contributed by atoms with Gasteiger partial charge in [-0.15, -0.1) is 0 Å². The molecule has 0 bridgehead atoms. The molecule has 6 heteroatoms. The van der Waals surface area contributed by atoms with Crippen molar-refractivity contribution in [1.29, 1.82) is 0 Å². The maximum absolute atomic E-state index is 12.4. The van der Waals surface area contributed by atoms with Crippen LogP contribution >= 0.6 is 0 Å². The highest BCUT2D eigenvalue weighted by Crippen LogP contribution is 2.41. The SMILES string of the molecule is CCOc1ccc(-c2coc3c(C)c(OCC)c(/C(C)=C/C(=O)NCCCOC)cc23)cc1. The summed E-state index contributed by atoms with van der Waals surface area (Å²) >= 11 is 0. The predicted octanol–water partition coefficient (Wildman–Crippen LogP) is 5.76. The molecule has 6 nitrogen and oxygen atoms in total. The highest BCUT2D eigenvalue weighted by Gasteiger charge is 2.19. The van der Waals surface area contributed by atoms with E-state index in [0.717, 1.165) is 56.7 Å². The van der Waals surface area contributed by atoms with Gasteiger partial charge in [0.15, 0.2) is 0 Å². The van der Waals surface area contributed by atoms with E-state index in [1.165, 1.54) is 0 Å². The summed E-state index contributed by atoms with van der Waals surface area (Å²) in [6.07, 6.45) is 4.16. The van der Waals surface area contributed by atoms with Crippen LogP contribution in [0.15, 0.2) is 47.1 Å². The van der Waals surface area contributed by atoms with E-state index in [1.807, 2.05) is 58.0 Å². The molecule has 176 valence electrons. The fraction of sp³-hybridized carbons (Fsp3) is 0.370. The Hall–Kier alpha value is -3.25. The second kappa shape index (κ2) is 11.6. The molecule has 1 aromatic heterocycles. The number of nitrogens with one attached hydrogen (secondary N) is 1. The van der Waals surface area contributed by atoms with Gasteiger partial charge in [0.2, 0.25) is 5.91 Å². The van der Waals surface area contributed by atoms with E-state index < -0.39 is 0 Å².